The molecule has 0 saturated heterocycles. The van der Waals surface area contributed by atoms with Crippen LogP contribution in [0.2, 0.25) is 0 Å². The van der Waals surface area contributed by atoms with E-state index in [9.17, 15) is 4.79 Å². The average Bonchev–Trinajstić information content (AvgIpc) is 3.19. The number of methoxy groups -OCH3 is 1. The van der Waals surface area contributed by atoms with Crippen molar-refractivity contribution in [1.29, 1.82) is 0 Å². The Hall–Kier alpha value is -3.00. The number of benzene rings is 2. The zero-order chi connectivity index (χ0) is 21.3. The minimum atomic E-state index is -0.0446. The minimum absolute atomic E-state index is 0.0435. The number of ether oxygens (including phenoxy) is 2. The molecule has 2 aromatic carbocycles. The third-order valence-corrected chi connectivity index (χ3v) is 5.51. The van der Waals surface area contributed by atoms with Gasteiger partial charge in [-0.15, -0.1) is 10.2 Å². The molecule has 0 aliphatic heterocycles. The third-order valence-electron chi connectivity index (χ3n) is 4.55. The van der Waals surface area contributed by atoms with Crippen molar-refractivity contribution in [2.45, 2.75) is 38.2 Å². The molecule has 0 saturated carbocycles. The summed E-state index contributed by atoms with van der Waals surface area (Å²) in [6.45, 7) is 4.98. The molecular formula is C22H26N4O3S. The van der Waals surface area contributed by atoms with Crippen LogP contribution in [-0.2, 0) is 17.9 Å². The van der Waals surface area contributed by atoms with Crippen molar-refractivity contribution in [2.75, 3.05) is 12.9 Å². The maximum absolute atomic E-state index is 12.3. The molecular weight excluding hydrogens is 400 g/mol. The Labute approximate surface area is 180 Å². The Bertz CT molecular complexity index is 945. The first-order valence-electron chi connectivity index (χ1n) is 9.76. The second kappa shape index (κ2) is 10.7. The van der Waals surface area contributed by atoms with Crippen LogP contribution >= 0.6 is 11.8 Å². The van der Waals surface area contributed by atoms with E-state index in [1.807, 2.05) is 73.0 Å². The molecule has 7 nitrogen and oxygen atoms in total. The molecule has 1 atom stereocenters. The topological polar surface area (TPSA) is 78.3 Å². The van der Waals surface area contributed by atoms with Gasteiger partial charge in [-0.1, -0.05) is 42.1 Å². The average molecular weight is 427 g/mol. The van der Waals surface area contributed by atoms with Gasteiger partial charge in [0, 0.05) is 6.54 Å². The molecule has 0 aliphatic carbocycles. The first kappa shape index (κ1) is 21.7. The number of hydrogen-bond acceptors (Lipinski definition) is 6. The van der Waals surface area contributed by atoms with Crippen LogP contribution in [0.25, 0.3) is 0 Å². The summed E-state index contributed by atoms with van der Waals surface area (Å²) in [5, 5.41) is 12.2. The van der Waals surface area contributed by atoms with Crippen molar-refractivity contribution in [3.63, 3.8) is 0 Å². The highest BCUT2D eigenvalue weighted by molar-refractivity contribution is 7.99. The summed E-state index contributed by atoms with van der Waals surface area (Å²) in [4.78, 5) is 12.3. The normalized spacial score (nSPS) is 11.7. The highest BCUT2D eigenvalue weighted by atomic mass is 32.2. The van der Waals surface area contributed by atoms with Crippen LogP contribution in [0.3, 0.4) is 0 Å². The van der Waals surface area contributed by atoms with Crippen molar-refractivity contribution < 1.29 is 14.3 Å². The zero-order valence-corrected chi connectivity index (χ0v) is 18.2. The number of nitrogens with one attached hydrogen (secondary N) is 1. The molecule has 0 bridgehead atoms. The van der Waals surface area contributed by atoms with Gasteiger partial charge in [-0.05, 0) is 43.7 Å². The fourth-order valence-corrected chi connectivity index (χ4v) is 3.74. The summed E-state index contributed by atoms with van der Waals surface area (Å²) in [5.41, 5.74) is 1.07. The number of nitrogens with zero attached hydrogens (tertiary/aromatic N) is 3. The monoisotopic (exact) mass is 426 g/mol. The van der Waals surface area contributed by atoms with E-state index < -0.39 is 0 Å². The second-order valence-electron chi connectivity index (χ2n) is 6.60. The molecule has 8 heteroatoms. The largest absolute Gasteiger partial charge is 0.497 e. The first-order chi connectivity index (χ1) is 14.6. The molecule has 1 N–H and O–H groups in total. The zero-order valence-electron chi connectivity index (χ0n) is 17.4. The lowest BCUT2D eigenvalue weighted by Gasteiger charge is -2.14. The van der Waals surface area contributed by atoms with Gasteiger partial charge in [-0.25, -0.2) is 0 Å². The Balaban J connectivity index is 1.53. The van der Waals surface area contributed by atoms with E-state index in [1.165, 1.54) is 11.8 Å². The highest BCUT2D eigenvalue weighted by Gasteiger charge is 2.15. The van der Waals surface area contributed by atoms with Gasteiger partial charge in [0.15, 0.2) is 11.0 Å². The molecule has 0 aliphatic rings. The molecule has 1 unspecified atom stereocenters. The lowest BCUT2D eigenvalue weighted by Crippen LogP contribution is -2.28. The standard InChI is InChI=1S/C22H26N4O3S/c1-4-26-20(14-29-19-12-10-18(28-3)11-13-19)24-25-22(26)30-15-21(27)23-16(2)17-8-6-5-7-9-17/h5-13,16H,4,14-15H2,1-3H3,(H,23,27). The number of thioether (sulfide) groups is 1. The van der Waals surface area contributed by atoms with Crippen LogP contribution in [0.15, 0.2) is 59.8 Å². The van der Waals surface area contributed by atoms with Crippen molar-refractivity contribution in [1.82, 2.24) is 20.1 Å². The fraction of sp³-hybridized carbons (Fsp3) is 0.318. The smallest absolute Gasteiger partial charge is 0.230 e. The van der Waals surface area contributed by atoms with Crippen molar-refractivity contribution in [3.05, 3.63) is 66.0 Å². The van der Waals surface area contributed by atoms with E-state index in [4.69, 9.17) is 9.47 Å². The van der Waals surface area contributed by atoms with Gasteiger partial charge in [0.25, 0.3) is 0 Å². The number of rotatable bonds is 10. The van der Waals surface area contributed by atoms with Crippen LogP contribution < -0.4 is 14.8 Å². The summed E-state index contributed by atoms with van der Waals surface area (Å²) in [6, 6.07) is 17.2. The first-order valence-corrected chi connectivity index (χ1v) is 10.7. The molecule has 0 spiro atoms. The predicted octanol–water partition coefficient (Wildman–Crippen LogP) is 3.86. The molecule has 0 fully saturated rings. The number of aromatic nitrogens is 3. The van der Waals surface area contributed by atoms with Crippen molar-refractivity contribution in [2.24, 2.45) is 0 Å². The number of carbonyl (C=O) groups is 1. The van der Waals surface area contributed by atoms with E-state index in [-0.39, 0.29) is 17.7 Å². The Morgan fingerprint density at radius 3 is 2.47 bits per heavy atom. The van der Waals surface area contributed by atoms with Crippen LogP contribution in [0.1, 0.15) is 31.3 Å². The van der Waals surface area contributed by atoms with E-state index in [0.717, 1.165) is 17.1 Å². The molecule has 1 heterocycles. The van der Waals surface area contributed by atoms with Gasteiger partial charge in [0.2, 0.25) is 5.91 Å². The minimum Gasteiger partial charge on any atom is -0.497 e. The number of carbonyl (C=O) groups excluding carboxylic acids is 1. The van der Waals surface area contributed by atoms with E-state index >= 15 is 0 Å². The van der Waals surface area contributed by atoms with E-state index in [2.05, 4.69) is 15.5 Å². The van der Waals surface area contributed by atoms with Crippen LogP contribution in [0, 0.1) is 0 Å². The predicted molar refractivity (Wildman–Crippen MR) is 117 cm³/mol. The molecule has 158 valence electrons. The highest BCUT2D eigenvalue weighted by Crippen LogP contribution is 2.21. The Kier molecular flexibility index (Phi) is 7.73. The molecule has 1 amide bonds. The summed E-state index contributed by atoms with van der Waals surface area (Å²) in [6.07, 6.45) is 0. The number of hydrogen-bond donors (Lipinski definition) is 1. The Morgan fingerprint density at radius 2 is 1.80 bits per heavy atom. The SMILES string of the molecule is CCn1c(COc2ccc(OC)cc2)nnc1SCC(=O)NC(C)c1ccccc1. The van der Waals surface area contributed by atoms with Crippen LogP contribution in [-0.4, -0.2) is 33.5 Å². The van der Waals surface area contributed by atoms with Gasteiger partial charge in [0.05, 0.1) is 18.9 Å². The lowest BCUT2D eigenvalue weighted by atomic mass is 10.1. The summed E-state index contributed by atoms with van der Waals surface area (Å²) in [5.74, 6) is 2.45. The van der Waals surface area contributed by atoms with Crippen LogP contribution in [0.5, 0.6) is 11.5 Å². The van der Waals surface area contributed by atoms with Crippen molar-refractivity contribution in [3.8, 4) is 11.5 Å². The van der Waals surface area contributed by atoms with Gasteiger partial charge >= 0.3 is 0 Å². The second-order valence-corrected chi connectivity index (χ2v) is 7.54. The summed E-state index contributed by atoms with van der Waals surface area (Å²) in [7, 11) is 1.63. The van der Waals surface area contributed by atoms with E-state index in [1.54, 1.807) is 7.11 Å². The molecule has 30 heavy (non-hydrogen) atoms. The van der Waals surface area contributed by atoms with Crippen molar-refractivity contribution >= 4 is 17.7 Å². The summed E-state index contributed by atoms with van der Waals surface area (Å²) < 4.78 is 12.9. The fourth-order valence-electron chi connectivity index (χ4n) is 2.91. The molecule has 1 aromatic heterocycles. The van der Waals surface area contributed by atoms with Gasteiger partial charge in [-0.2, -0.15) is 0 Å². The number of amides is 1. The maximum atomic E-state index is 12.3. The third kappa shape index (κ3) is 5.76. The lowest BCUT2D eigenvalue weighted by molar-refractivity contribution is -0.119. The van der Waals surface area contributed by atoms with Crippen LogP contribution in [0.4, 0.5) is 0 Å². The molecule has 0 radical (unpaired) electrons. The molecule has 3 aromatic rings. The van der Waals surface area contributed by atoms with E-state index in [0.29, 0.717) is 24.1 Å². The maximum Gasteiger partial charge on any atom is 0.230 e. The quantitative estimate of drug-likeness (QED) is 0.496. The Morgan fingerprint density at radius 1 is 1.10 bits per heavy atom. The van der Waals surface area contributed by atoms with Gasteiger partial charge in [0.1, 0.15) is 18.1 Å². The summed E-state index contributed by atoms with van der Waals surface area (Å²) >= 11 is 1.37. The van der Waals surface area contributed by atoms with Gasteiger partial charge < -0.3 is 19.4 Å². The molecule has 3 rings (SSSR count). The van der Waals surface area contributed by atoms with Gasteiger partial charge in [-0.3, -0.25) is 4.79 Å².